The topological polar surface area (TPSA) is 64.6 Å². The number of benzene rings is 2. The molecular weight excluding hydrogens is 436 g/mol. The molecule has 2 aliphatic heterocycles. The molecule has 2 aromatic carbocycles. The third-order valence-electron chi connectivity index (χ3n) is 7.06. The van der Waals surface area contributed by atoms with Gasteiger partial charge in [-0.2, -0.15) is 4.98 Å². The summed E-state index contributed by atoms with van der Waals surface area (Å²) in [7, 11) is 0. The number of nitrogens with one attached hydrogen (secondary N) is 1. The molecule has 1 amide bonds. The van der Waals surface area contributed by atoms with Crippen LogP contribution in [0.1, 0.15) is 54.0 Å². The van der Waals surface area contributed by atoms with Crippen LogP contribution in [0.4, 0.5) is 11.8 Å². The molecule has 0 radical (unpaired) electrons. The van der Waals surface area contributed by atoms with Crippen LogP contribution in [0.2, 0.25) is 0 Å². The largest absolute Gasteiger partial charge is 0.359 e. The summed E-state index contributed by atoms with van der Waals surface area (Å²) in [5.74, 6) is 1.38. The van der Waals surface area contributed by atoms with E-state index in [2.05, 4.69) is 70.6 Å². The van der Waals surface area contributed by atoms with Gasteiger partial charge in [0.1, 0.15) is 11.5 Å². The van der Waals surface area contributed by atoms with Gasteiger partial charge < -0.3 is 20.0 Å². The second kappa shape index (κ2) is 10.0. The average Bonchev–Trinajstić information content (AvgIpc) is 3.25. The Labute approximate surface area is 207 Å². The smallest absolute Gasteiger partial charge is 0.273 e. The summed E-state index contributed by atoms with van der Waals surface area (Å²) in [6.45, 7) is 11.5. The first-order valence-corrected chi connectivity index (χ1v) is 12.6. The van der Waals surface area contributed by atoms with Crippen LogP contribution in [-0.4, -0.2) is 64.4 Å². The lowest BCUT2D eigenvalue weighted by molar-refractivity contribution is 0.0726. The van der Waals surface area contributed by atoms with E-state index in [1.54, 1.807) is 0 Å². The Bertz CT molecular complexity index is 1120. The van der Waals surface area contributed by atoms with E-state index in [0.29, 0.717) is 18.2 Å². The molecule has 35 heavy (non-hydrogen) atoms. The van der Waals surface area contributed by atoms with E-state index in [1.165, 1.54) is 0 Å². The van der Waals surface area contributed by atoms with Crippen molar-refractivity contribution in [1.29, 1.82) is 0 Å². The molecule has 0 aliphatic carbocycles. The molecule has 3 heterocycles. The second-order valence-electron chi connectivity index (χ2n) is 9.55. The lowest BCUT2D eigenvalue weighted by Crippen LogP contribution is -2.47. The van der Waals surface area contributed by atoms with Gasteiger partial charge in [-0.05, 0) is 31.5 Å². The molecule has 182 valence electrons. The first-order chi connectivity index (χ1) is 17.0. The van der Waals surface area contributed by atoms with E-state index in [4.69, 9.17) is 9.97 Å². The average molecular weight is 471 g/mol. The number of likely N-dealkylation sites (N-methyl/N-ethyl adjacent to an activating group) is 1. The summed E-state index contributed by atoms with van der Waals surface area (Å²) in [5.41, 5.74) is 3.71. The van der Waals surface area contributed by atoms with E-state index in [1.807, 2.05) is 30.9 Å². The minimum Gasteiger partial charge on any atom is -0.359 e. The fourth-order valence-corrected chi connectivity index (χ4v) is 4.91. The number of carbonyl (C=O) groups excluding carboxylic acids is 1. The van der Waals surface area contributed by atoms with Gasteiger partial charge in [0.15, 0.2) is 0 Å². The zero-order chi connectivity index (χ0) is 24.4. The molecule has 2 aliphatic rings. The summed E-state index contributed by atoms with van der Waals surface area (Å²) in [4.78, 5) is 29.7. The Morgan fingerprint density at radius 3 is 2.03 bits per heavy atom. The molecule has 0 unspecified atom stereocenters. The number of aromatic nitrogens is 2. The molecular formula is C28H34N6O. The fourth-order valence-electron chi connectivity index (χ4n) is 4.91. The van der Waals surface area contributed by atoms with Crippen LogP contribution in [0, 0.1) is 0 Å². The maximum atomic E-state index is 13.3. The van der Waals surface area contributed by atoms with Crippen molar-refractivity contribution >= 4 is 17.7 Å². The highest BCUT2D eigenvalue weighted by Crippen LogP contribution is 2.34. The third-order valence-corrected chi connectivity index (χ3v) is 7.06. The van der Waals surface area contributed by atoms with Crippen LogP contribution in [0.3, 0.4) is 0 Å². The van der Waals surface area contributed by atoms with E-state index >= 15 is 0 Å². The SMILES string of the molecule is CCN1CCN(c2nc(NC(c3ccccc3)c3ccccc3)c3c(n2)C(=O)N(C(C)C)C3)CC1. The molecule has 0 saturated carbocycles. The molecule has 1 aromatic heterocycles. The van der Waals surface area contributed by atoms with E-state index in [9.17, 15) is 4.79 Å². The van der Waals surface area contributed by atoms with Gasteiger partial charge in [-0.1, -0.05) is 67.6 Å². The zero-order valence-electron chi connectivity index (χ0n) is 20.8. The van der Waals surface area contributed by atoms with Crippen molar-refractivity contribution in [3.8, 4) is 0 Å². The molecule has 7 nitrogen and oxygen atoms in total. The van der Waals surface area contributed by atoms with Crippen molar-refractivity contribution in [1.82, 2.24) is 19.8 Å². The lowest BCUT2D eigenvalue weighted by atomic mass is 9.98. The number of fused-ring (bicyclic) bond motifs is 1. The first kappa shape index (κ1) is 23.3. The van der Waals surface area contributed by atoms with Gasteiger partial charge in [0.05, 0.1) is 12.6 Å². The minimum atomic E-state index is -0.0932. The Hall–Kier alpha value is -3.45. The molecule has 1 fully saturated rings. The number of anilines is 2. The number of amides is 1. The molecule has 7 heteroatoms. The van der Waals surface area contributed by atoms with Crippen molar-refractivity contribution in [2.24, 2.45) is 0 Å². The number of hydrogen-bond acceptors (Lipinski definition) is 6. The summed E-state index contributed by atoms with van der Waals surface area (Å²) < 4.78 is 0. The summed E-state index contributed by atoms with van der Waals surface area (Å²) >= 11 is 0. The van der Waals surface area contributed by atoms with Crippen molar-refractivity contribution in [2.75, 3.05) is 42.9 Å². The maximum Gasteiger partial charge on any atom is 0.273 e. The molecule has 0 bridgehead atoms. The van der Waals surface area contributed by atoms with Crippen molar-refractivity contribution in [3.05, 3.63) is 83.0 Å². The number of rotatable bonds is 7. The normalized spacial score (nSPS) is 16.3. The zero-order valence-corrected chi connectivity index (χ0v) is 20.8. The molecule has 0 spiro atoms. The fraction of sp³-hybridized carbons (Fsp3) is 0.393. The number of hydrogen-bond donors (Lipinski definition) is 1. The van der Waals surface area contributed by atoms with Crippen LogP contribution in [0.25, 0.3) is 0 Å². The molecule has 1 N–H and O–H groups in total. The highest BCUT2D eigenvalue weighted by molar-refractivity contribution is 5.98. The third kappa shape index (κ3) is 4.73. The van der Waals surface area contributed by atoms with Crippen LogP contribution in [-0.2, 0) is 6.54 Å². The van der Waals surface area contributed by atoms with Crippen molar-refractivity contribution in [3.63, 3.8) is 0 Å². The van der Waals surface area contributed by atoms with Gasteiger partial charge in [-0.15, -0.1) is 0 Å². The first-order valence-electron chi connectivity index (χ1n) is 12.6. The summed E-state index contributed by atoms with van der Waals surface area (Å²) in [6, 6.07) is 20.8. The number of piperazine rings is 1. The standard InChI is InChI=1S/C28H34N6O/c1-4-32-15-17-33(18-16-32)28-30-25-23(19-34(20(2)3)27(25)35)26(31-28)29-24(21-11-7-5-8-12-21)22-13-9-6-10-14-22/h5-14,20,24H,4,15-19H2,1-3H3,(H,29,30,31). The highest BCUT2D eigenvalue weighted by atomic mass is 16.2. The van der Waals surface area contributed by atoms with E-state index < -0.39 is 0 Å². The van der Waals surface area contributed by atoms with Crippen LogP contribution in [0.15, 0.2) is 60.7 Å². The lowest BCUT2D eigenvalue weighted by Gasteiger charge is -2.34. The molecule has 3 aromatic rings. The van der Waals surface area contributed by atoms with Gasteiger partial charge >= 0.3 is 0 Å². The quantitative estimate of drug-likeness (QED) is 0.559. The molecule has 1 saturated heterocycles. The van der Waals surface area contributed by atoms with Crippen LogP contribution in [0.5, 0.6) is 0 Å². The summed E-state index contributed by atoms with van der Waals surface area (Å²) in [5, 5.41) is 3.72. The van der Waals surface area contributed by atoms with Gasteiger partial charge in [0, 0.05) is 37.8 Å². The maximum absolute atomic E-state index is 13.3. The second-order valence-corrected chi connectivity index (χ2v) is 9.55. The Morgan fingerprint density at radius 1 is 0.886 bits per heavy atom. The highest BCUT2D eigenvalue weighted by Gasteiger charge is 2.35. The minimum absolute atomic E-state index is 0.00938. The van der Waals surface area contributed by atoms with Crippen molar-refractivity contribution in [2.45, 2.75) is 39.4 Å². The van der Waals surface area contributed by atoms with Crippen LogP contribution >= 0.6 is 0 Å². The summed E-state index contributed by atoms with van der Waals surface area (Å²) in [6.07, 6.45) is 0. The predicted molar refractivity (Wildman–Crippen MR) is 140 cm³/mol. The Balaban J connectivity index is 1.56. The van der Waals surface area contributed by atoms with Crippen molar-refractivity contribution < 1.29 is 4.79 Å². The molecule has 5 rings (SSSR count). The van der Waals surface area contributed by atoms with Gasteiger partial charge in [0.25, 0.3) is 5.91 Å². The van der Waals surface area contributed by atoms with Crippen LogP contribution < -0.4 is 10.2 Å². The number of carbonyl (C=O) groups is 1. The predicted octanol–water partition coefficient (Wildman–Crippen LogP) is 4.18. The van der Waals surface area contributed by atoms with E-state index in [0.717, 1.165) is 55.2 Å². The monoisotopic (exact) mass is 470 g/mol. The Morgan fingerprint density at radius 2 is 1.49 bits per heavy atom. The Kier molecular flexibility index (Phi) is 6.68. The van der Waals surface area contributed by atoms with Gasteiger partial charge in [-0.25, -0.2) is 4.98 Å². The van der Waals surface area contributed by atoms with Gasteiger partial charge in [0.2, 0.25) is 5.95 Å². The van der Waals surface area contributed by atoms with Gasteiger partial charge in [-0.3, -0.25) is 4.79 Å². The number of nitrogens with zero attached hydrogens (tertiary/aromatic N) is 5. The van der Waals surface area contributed by atoms with E-state index in [-0.39, 0.29) is 18.0 Å². The molecule has 0 atom stereocenters.